The lowest BCUT2D eigenvalue weighted by molar-refractivity contribution is -0.138. The quantitative estimate of drug-likeness (QED) is 0.264. The Balaban J connectivity index is 0. The summed E-state index contributed by atoms with van der Waals surface area (Å²) in [5, 5.41) is 15.4. The number of guanidine groups is 2. The molecule has 0 radical (unpaired) electrons. The van der Waals surface area contributed by atoms with Gasteiger partial charge in [0.1, 0.15) is 6.04 Å². The van der Waals surface area contributed by atoms with Gasteiger partial charge in [-0.2, -0.15) is 4.99 Å². The van der Waals surface area contributed by atoms with E-state index in [9.17, 15) is 4.79 Å². The van der Waals surface area contributed by atoms with Gasteiger partial charge in [0.15, 0.2) is 5.96 Å². The zero-order valence-corrected chi connectivity index (χ0v) is 11.9. The van der Waals surface area contributed by atoms with Gasteiger partial charge in [-0.1, -0.05) is 26.2 Å². The number of unbranched alkanes of at least 4 members (excludes halogenated alkanes) is 2. The lowest BCUT2D eigenvalue weighted by Gasteiger charge is -2.07. The number of hydrogen-bond acceptors (Lipinski definition) is 3. The number of aliphatic carboxylic acids is 1. The van der Waals surface area contributed by atoms with E-state index in [1.807, 2.05) is 0 Å². The average Bonchev–Trinajstić information content (AvgIpc) is 2.28. The summed E-state index contributed by atoms with van der Waals surface area (Å²) in [6.45, 7) is 2.08. The van der Waals surface area contributed by atoms with Gasteiger partial charge < -0.3 is 27.2 Å². The molecule has 19 heavy (non-hydrogen) atoms. The van der Waals surface area contributed by atoms with Crippen LogP contribution in [0.2, 0.25) is 0 Å². The molecule has 0 spiro atoms. The second-order valence-electron chi connectivity index (χ2n) is 4.20. The summed E-state index contributed by atoms with van der Waals surface area (Å²) in [6.07, 6.45) is 3.69. The van der Waals surface area contributed by atoms with Crippen LogP contribution in [0.3, 0.4) is 0 Å². The molecule has 0 bridgehead atoms. The molecule has 1 unspecified atom stereocenters. The van der Waals surface area contributed by atoms with E-state index in [2.05, 4.69) is 11.9 Å². The zero-order chi connectivity index (χ0) is 15.4. The highest BCUT2D eigenvalue weighted by Gasteiger charge is 2.09. The summed E-state index contributed by atoms with van der Waals surface area (Å²) in [5.74, 6) is -0.931. The van der Waals surface area contributed by atoms with Crippen molar-refractivity contribution in [3.05, 3.63) is 0 Å². The summed E-state index contributed by atoms with van der Waals surface area (Å²) in [5.41, 5.74) is 15.2. The standard InChI is InChI=1S/C7H15NO2.C4H11N5/c1-2-3-4-5-6(8)7(9)10;1-9(2)4(7)8-3(5)6/h6H,2-5,8H2,1H3,(H,9,10);1-2H3,(H5,5,6,7,8). The molecule has 0 saturated carbocycles. The van der Waals surface area contributed by atoms with Gasteiger partial charge in [-0.3, -0.25) is 10.2 Å². The highest BCUT2D eigenvalue weighted by molar-refractivity contribution is 5.91. The molecule has 0 saturated heterocycles. The van der Waals surface area contributed by atoms with Crippen molar-refractivity contribution in [1.29, 1.82) is 5.41 Å². The third kappa shape index (κ3) is 14.1. The van der Waals surface area contributed by atoms with Crippen molar-refractivity contribution in [3.63, 3.8) is 0 Å². The maximum atomic E-state index is 10.2. The van der Waals surface area contributed by atoms with E-state index < -0.39 is 12.0 Å². The zero-order valence-electron chi connectivity index (χ0n) is 11.9. The van der Waals surface area contributed by atoms with Crippen LogP contribution in [0.25, 0.3) is 0 Å². The van der Waals surface area contributed by atoms with E-state index >= 15 is 0 Å². The molecule has 112 valence electrons. The third-order valence-corrected chi connectivity index (χ3v) is 2.09. The molecule has 0 amide bonds. The van der Waals surface area contributed by atoms with Gasteiger partial charge in [-0.15, -0.1) is 0 Å². The fourth-order valence-electron chi connectivity index (χ4n) is 0.960. The molecular weight excluding hydrogens is 248 g/mol. The summed E-state index contributed by atoms with van der Waals surface area (Å²) >= 11 is 0. The lowest BCUT2D eigenvalue weighted by Crippen LogP contribution is -2.29. The first-order chi connectivity index (χ1) is 8.72. The van der Waals surface area contributed by atoms with Gasteiger partial charge in [0, 0.05) is 14.1 Å². The Labute approximate surface area is 114 Å². The molecule has 0 aromatic carbocycles. The molecule has 1 atom stereocenters. The second kappa shape index (κ2) is 11.3. The van der Waals surface area contributed by atoms with Crippen molar-refractivity contribution in [2.75, 3.05) is 14.1 Å². The first-order valence-electron chi connectivity index (χ1n) is 6.06. The normalized spacial score (nSPS) is 10.7. The fraction of sp³-hybridized carbons (Fsp3) is 0.727. The smallest absolute Gasteiger partial charge is 0.320 e. The Bertz CT molecular complexity index is 300. The van der Waals surface area contributed by atoms with Crippen LogP contribution in [0, 0.1) is 5.41 Å². The average molecular weight is 274 g/mol. The van der Waals surface area contributed by atoms with Crippen LogP contribution < -0.4 is 17.2 Å². The minimum Gasteiger partial charge on any atom is -0.480 e. The largest absolute Gasteiger partial charge is 0.480 e. The summed E-state index contributed by atoms with van der Waals surface area (Å²) in [7, 11) is 3.38. The molecule has 0 rings (SSSR count). The molecular formula is C11H26N6O2. The van der Waals surface area contributed by atoms with Gasteiger partial charge in [0.05, 0.1) is 0 Å². The van der Waals surface area contributed by atoms with Crippen LogP contribution in [0.5, 0.6) is 0 Å². The van der Waals surface area contributed by atoms with E-state index in [1.165, 1.54) is 4.90 Å². The van der Waals surface area contributed by atoms with E-state index in [0.29, 0.717) is 6.42 Å². The Morgan fingerprint density at radius 2 is 1.89 bits per heavy atom. The minimum absolute atomic E-state index is 0.0509. The number of rotatable bonds is 5. The van der Waals surface area contributed by atoms with Gasteiger partial charge in [0.2, 0.25) is 5.96 Å². The van der Waals surface area contributed by atoms with Crippen molar-refractivity contribution in [2.45, 2.75) is 38.6 Å². The van der Waals surface area contributed by atoms with Crippen LogP contribution >= 0.6 is 0 Å². The molecule has 0 heterocycles. The van der Waals surface area contributed by atoms with E-state index in [1.54, 1.807) is 14.1 Å². The summed E-state index contributed by atoms with van der Waals surface area (Å²) < 4.78 is 0. The topological polar surface area (TPSA) is 155 Å². The molecule has 0 aromatic rings. The molecule has 8 heteroatoms. The highest BCUT2D eigenvalue weighted by atomic mass is 16.4. The number of carboxylic acid groups (broad SMARTS) is 1. The minimum atomic E-state index is -0.892. The van der Waals surface area contributed by atoms with Crippen molar-refractivity contribution in [1.82, 2.24) is 4.90 Å². The predicted molar refractivity (Wildman–Crippen MR) is 77.0 cm³/mol. The van der Waals surface area contributed by atoms with Crippen LogP contribution in [-0.4, -0.2) is 48.0 Å². The number of nitrogens with two attached hydrogens (primary N) is 3. The number of aliphatic imine (C=N–C) groups is 1. The fourth-order valence-corrected chi connectivity index (χ4v) is 0.960. The monoisotopic (exact) mass is 274 g/mol. The number of hydrogen-bond donors (Lipinski definition) is 5. The summed E-state index contributed by atoms with van der Waals surface area (Å²) in [6, 6.07) is -0.661. The molecule has 0 aromatic heterocycles. The number of nitrogens with zero attached hydrogens (tertiary/aromatic N) is 2. The van der Waals surface area contributed by atoms with Crippen molar-refractivity contribution >= 4 is 17.9 Å². The van der Waals surface area contributed by atoms with Crippen LogP contribution in [0.1, 0.15) is 32.6 Å². The van der Waals surface area contributed by atoms with Crippen LogP contribution in [0.15, 0.2) is 4.99 Å². The molecule has 0 aliphatic rings. The number of nitrogens with one attached hydrogen (secondary N) is 1. The van der Waals surface area contributed by atoms with E-state index in [-0.39, 0.29) is 11.9 Å². The van der Waals surface area contributed by atoms with E-state index in [4.69, 9.17) is 27.7 Å². The third-order valence-electron chi connectivity index (χ3n) is 2.09. The van der Waals surface area contributed by atoms with Crippen molar-refractivity contribution < 1.29 is 9.90 Å². The summed E-state index contributed by atoms with van der Waals surface area (Å²) in [4.78, 5) is 15.1. The Morgan fingerprint density at radius 1 is 1.37 bits per heavy atom. The van der Waals surface area contributed by atoms with Gasteiger partial charge in [-0.05, 0) is 6.42 Å². The highest BCUT2D eigenvalue weighted by Crippen LogP contribution is 2.01. The Kier molecular flexibility index (Phi) is 11.6. The van der Waals surface area contributed by atoms with Crippen LogP contribution in [-0.2, 0) is 4.79 Å². The van der Waals surface area contributed by atoms with Gasteiger partial charge in [-0.25, -0.2) is 0 Å². The maximum absolute atomic E-state index is 10.2. The van der Waals surface area contributed by atoms with Crippen LogP contribution in [0.4, 0.5) is 0 Å². The molecule has 8 N–H and O–H groups in total. The molecule has 0 aliphatic heterocycles. The van der Waals surface area contributed by atoms with E-state index in [0.717, 1.165) is 19.3 Å². The first kappa shape index (κ1) is 19.5. The number of carboxylic acids is 1. The second-order valence-corrected chi connectivity index (χ2v) is 4.20. The Morgan fingerprint density at radius 3 is 2.16 bits per heavy atom. The molecule has 0 fully saturated rings. The lowest BCUT2D eigenvalue weighted by atomic mass is 10.1. The van der Waals surface area contributed by atoms with Crippen molar-refractivity contribution in [3.8, 4) is 0 Å². The molecule has 0 aliphatic carbocycles. The first-order valence-corrected chi connectivity index (χ1v) is 6.06. The van der Waals surface area contributed by atoms with Gasteiger partial charge >= 0.3 is 5.97 Å². The Hall–Kier alpha value is -1.83. The van der Waals surface area contributed by atoms with Gasteiger partial charge in [0.25, 0.3) is 0 Å². The molecule has 8 nitrogen and oxygen atoms in total. The predicted octanol–water partition coefficient (Wildman–Crippen LogP) is -0.265. The maximum Gasteiger partial charge on any atom is 0.320 e. The van der Waals surface area contributed by atoms with Crippen molar-refractivity contribution in [2.24, 2.45) is 22.2 Å². The SMILES string of the molecule is CCCCCC(N)C(=O)O.CN(C)C(=N)N=C(N)N. The number of carbonyl (C=O) groups is 1.